The van der Waals surface area contributed by atoms with Gasteiger partial charge in [0.2, 0.25) is 5.91 Å². The minimum absolute atomic E-state index is 0.0218. The quantitative estimate of drug-likeness (QED) is 0.500. The maximum absolute atomic E-state index is 13.1. The first kappa shape index (κ1) is 20.6. The molecule has 1 amide bonds. The summed E-state index contributed by atoms with van der Waals surface area (Å²) in [6.45, 7) is 6.05. The zero-order chi connectivity index (χ0) is 22.1. The first-order chi connectivity index (χ1) is 15.6. The van der Waals surface area contributed by atoms with Crippen LogP contribution in [0.25, 0.3) is 16.3 Å². The molecule has 32 heavy (non-hydrogen) atoms. The van der Waals surface area contributed by atoms with E-state index in [1.165, 1.54) is 0 Å². The number of carbonyl (C=O) groups is 1. The topological polar surface area (TPSA) is 63.1 Å². The molecule has 1 saturated heterocycles. The van der Waals surface area contributed by atoms with Crippen molar-refractivity contribution in [2.75, 3.05) is 13.1 Å². The normalized spacial score (nSPS) is 16.8. The van der Waals surface area contributed by atoms with Crippen LogP contribution in [0.2, 0.25) is 0 Å². The number of hydrogen-bond acceptors (Lipinski definition) is 5. The van der Waals surface area contributed by atoms with Crippen LogP contribution in [0.15, 0.2) is 66.0 Å². The molecule has 6 nitrogen and oxygen atoms in total. The molecule has 1 unspecified atom stereocenters. The zero-order valence-electron chi connectivity index (χ0n) is 18.2. The Kier molecular flexibility index (Phi) is 5.59. The van der Waals surface area contributed by atoms with Gasteiger partial charge in [0.15, 0.2) is 0 Å². The second kappa shape index (κ2) is 8.68. The zero-order valence-corrected chi connectivity index (χ0v) is 19.0. The van der Waals surface area contributed by atoms with E-state index in [0.717, 1.165) is 45.4 Å². The van der Waals surface area contributed by atoms with Crippen molar-refractivity contribution in [2.24, 2.45) is 0 Å². The van der Waals surface area contributed by atoms with Crippen LogP contribution in [0.4, 0.5) is 0 Å². The second-order valence-electron chi connectivity index (χ2n) is 8.01. The Balaban J connectivity index is 1.46. The fraction of sp³-hybridized carbons (Fsp3) is 0.240. The Bertz CT molecular complexity index is 1230. The van der Waals surface area contributed by atoms with Gasteiger partial charge in [0.1, 0.15) is 11.0 Å². The minimum Gasteiger partial charge on any atom is -0.353 e. The van der Waals surface area contributed by atoms with E-state index in [-0.39, 0.29) is 11.9 Å². The van der Waals surface area contributed by atoms with Gasteiger partial charge in [-0.3, -0.25) is 9.69 Å². The number of hydrogen-bond donors (Lipinski definition) is 1. The lowest BCUT2D eigenvalue weighted by Crippen LogP contribution is -2.49. The standard InChI is InChI=1S/C25H25N5OS/c1-17-22(18(2)30(28-17)21-11-7-4-8-12-21)23-24(31)26-13-14-29(23)15-20-16-32-25(27-20)19-9-5-3-6-10-19/h3-12,16,23H,13-15H2,1-2H3,(H,26,31). The Labute approximate surface area is 191 Å². The van der Waals surface area contributed by atoms with Gasteiger partial charge in [0, 0.05) is 41.8 Å². The lowest BCUT2D eigenvalue weighted by Gasteiger charge is -2.35. The summed E-state index contributed by atoms with van der Waals surface area (Å²) >= 11 is 1.64. The van der Waals surface area contributed by atoms with Crippen LogP contribution in [0.5, 0.6) is 0 Å². The lowest BCUT2D eigenvalue weighted by atomic mass is 10.00. The molecule has 0 radical (unpaired) electrons. The van der Waals surface area contributed by atoms with Crippen LogP contribution >= 0.6 is 11.3 Å². The van der Waals surface area contributed by atoms with Crippen LogP contribution in [0.1, 0.15) is 28.7 Å². The summed E-state index contributed by atoms with van der Waals surface area (Å²) < 4.78 is 1.93. The van der Waals surface area contributed by atoms with Gasteiger partial charge in [-0.1, -0.05) is 48.5 Å². The third kappa shape index (κ3) is 3.85. The first-order valence-electron chi connectivity index (χ1n) is 10.7. The fourth-order valence-corrected chi connectivity index (χ4v) is 5.19. The predicted molar refractivity (Wildman–Crippen MR) is 127 cm³/mol. The molecule has 0 aliphatic carbocycles. The molecule has 4 aromatic rings. The van der Waals surface area contributed by atoms with Gasteiger partial charge in [-0.2, -0.15) is 5.10 Å². The Morgan fingerprint density at radius 3 is 2.53 bits per heavy atom. The average molecular weight is 444 g/mol. The van der Waals surface area contributed by atoms with Crippen LogP contribution in [0, 0.1) is 13.8 Å². The average Bonchev–Trinajstić information content (AvgIpc) is 3.40. The summed E-state index contributed by atoms with van der Waals surface area (Å²) in [4.78, 5) is 20.1. The van der Waals surface area contributed by atoms with Gasteiger partial charge >= 0.3 is 0 Å². The van der Waals surface area contributed by atoms with Crippen molar-refractivity contribution in [3.8, 4) is 16.3 Å². The van der Waals surface area contributed by atoms with Crippen molar-refractivity contribution >= 4 is 17.2 Å². The third-order valence-electron chi connectivity index (χ3n) is 5.87. The van der Waals surface area contributed by atoms with Crippen molar-refractivity contribution in [1.29, 1.82) is 0 Å². The van der Waals surface area contributed by atoms with Crippen molar-refractivity contribution < 1.29 is 4.79 Å². The Morgan fingerprint density at radius 2 is 1.78 bits per heavy atom. The van der Waals surface area contributed by atoms with Crippen molar-refractivity contribution in [3.05, 3.63) is 88.7 Å². The highest BCUT2D eigenvalue weighted by Gasteiger charge is 2.35. The predicted octanol–water partition coefficient (Wildman–Crippen LogP) is 4.29. The number of nitrogens with zero attached hydrogens (tertiary/aromatic N) is 4. The van der Waals surface area contributed by atoms with E-state index in [1.807, 2.05) is 67.1 Å². The number of carbonyl (C=O) groups excluding carboxylic acids is 1. The molecular formula is C25H25N5OS. The Morgan fingerprint density at radius 1 is 1.06 bits per heavy atom. The number of rotatable bonds is 5. The number of para-hydroxylation sites is 1. The molecule has 7 heteroatoms. The van der Waals surface area contributed by atoms with Crippen LogP contribution in [0.3, 0.4) is 0 Å². The molecule has 1 atom stereocenters. The smallest absolute Gasteiger partial charge is 0.242 e. The largest absolute Gasteiger partial charge is 0.353 e. The maximum atomic E-state index is 13.1. The highest BCUT2D eigenvalue weighted by atomic mass is 32.1. The summed E-state index contributed by atoms with van der Waals surface area (Å²) in [7, 11) is 0. The summed E-state index contributed by atoms with van der Waals surface area (Å²) in [6.07, 6.45) is 0. The van der Waals surface area contributed by atoms with Gasteiger partial charge in [-0.25, -0.2) is 9.67 Å². The van der Waals surface area contributed by atoms with Gasteiger partial charge in [-0.15, -0.1) is 11.3 Å². The molecule has 1 aliphatic heterocycles. The fourth-order valence-electron chi connectivity index (χ4n) is 4.37. The van der Waals surface area contributed by atoms with Crippen molar-refractivity contribution in [3.63, 3.8) is 0 Å². The summed E-state index contributed by atoms with van der Waals surface area (Å²) in [5.74, 6) is 0.0218. The van der Waals surface area contributed by atoms with Crippen LogP contribution in [-0.4, -0.2) is 38.7 Å². The summed E-state index contributed by atoms with van der Waals surface area (Å²) in [5.41, 5.74) is 5.94. The van der Waals surface area contributed by atoms with E-state index in [1.54, 1.807) is 11.3 Å². The highest BCUT2D eigenvalue weighted by molar-refractivity contribution is 7.13. The van der Waals surface area contributed by atoms with E-state index < -0.39 is 0 Å². The Hall–Kier alpha value is -3.29. The lowest BCUT2D eigenvalue weighted by molar-refractivity contribution is -0.129. The monoisotopic (exact) mass is 443 g/mol. The molecule has 0 bridgehead atoms. The van der Waals surface area contributed by atoms with E-state index in [0.29, 0.717) is 13.1 Å². The number of aryl methyl sites for hydroxylation is 1. The van der Waals surface area contributed by atoms with Gasteiger partial charge in [-0.05, 0) is 26.0 Å². The summed E-state index contributed by atoms with van der Waals surface area (Å²) in [6, 6.07) is 19.9. The molecule has 1 N–H and O–H groups in total. The molecular weight excluding hydrogens is 418 g/mol. The second-order valence-corrected chi connectivity index (χ2v) is 8.86. The molecule has 1 fully saturated rings. The molecule has 2 aromatic heterocycles. The molecule has 2 aromatic carbocycles. The minimum atomic E-state index is -0.386. The molecule has 1 aliphatic rings. The van der Waals surface area contributed by atoms with Crippen molar-refractivity contribution in [2.45, 2.75) is 26.4 Å². The van der Waals surface area contributed by atoms with E-state index >= 15 is 0 Å². The molecule has 0 saturated carbocycles. The number of aromatic nitrogens is 3. The SMILES string of the molecule is Cc1nn(-c2ccccc2)c(C)c1C1C(=O)NCCN1Cc1csc(-c2ccccc2)n1. The number of benzene rings is 2. The third-order valence-corrected chi connectivity index (χ3v) is 6.81. The van der Waals surface area contributed by atoms with Gasteiger partial charge in [0.25, 0.3) is 0 Å². The molecule has 5 rings (SSSR count). The first-order valence-corrected chi connectivity index (χ1v) is 11.6. The van der Waals surface area contributed by atoms with E-state index in [4.69, 9.17) is 10.1 Å². The number of piperazine rings is 1. The van der Waals surface area contributed by atoms with Gasteiger partial charge in [0.05, 0.1) is 17.1 Å². The number of nitrogens with one attached hydrogen (secondary N) is 1. The van der Waals surface area contributed by atoms with Gasteiger partial charge < -0.3 is 5.32 Å². The number of amides is 1. The molecule has 162 valence electrons. The van der Waals surface area contributed by atoms with E-state index in [2.05, 4.69) is 27.7 Å². The van der Waals surface area contributed by atoms with Crippen molar-refractivity contribution in [1.82, 2.24) is 25.0 Å². The number of thiazole rings is 1. The molecule has 3 heterocycles. The highest BCUT2D eigenvalue weighted by Crippen LogP contribution is 2.32. The van der Waals surface area contributed by atoms with Crippen LogP contribution in [-0.2, 0) is 11.3 Å². The summed E-state index contributed by atoms with van der Waals surface area (Å²) in [5, 5.41) is 10.9. The maximum Gasteiger partial charge on any atom is 0.242 e. The molecule has 0 spiro atoms. The van der Waals surface area contributed by atoms with Crippen LogP contribution < -0.4 is 5.32 Å². The van der Waals surface area contributed by atoms with E-state index in [9.17, 15) is 4.79 Å².